The highest BCUT2D eigenvalue weighted by molar-refractivity contribution is 7.89. The fraction of sp³-hybridized carbons (Fsp3) is 0.692. The van der Waals surface area contributed by atoms with Gasteiger partial charge in [-0.25, -0.2) is 8.42 Å². The smallest absolute Gasteiger partial charge is 0.244 e. The second-order valence-electron chi connectivity index (χ2n) is 5.21. The normalized spacial score (nSPS) is 19.9. The molecule has 0 spiro atoms. The Morgan fingerprint density at radius 2 is 2.11 bits per heavy atom. The molecule has 4 nitrogen and oxygen atoms in total. The quantitative estimate of drug-likeness (QED) is 0.908. The van der Waals surface area contributed by atoms with E-state index in [-0.39, 0.29) is 12.0 Å². The van der Waals surface area contributed by atoms with Gasteiger partial charge < -0.3 is 5.73 Å². The van der Waals surface area contributed by atoms with Crippen molar-refractivity contribution < 1.29 is 8.42 Å². The summed E-state index contributed by atoms with van der Waals surface area (Å²) in [5.74, 6) is 0. The van der Waals surface area contributed by atoms with Crippen molar-refractivity contribution in [2.24, 2.45) is 11.1 Å². The van der Waals surface area contributed by atoms with E-state index in [0.717, 1.165) is 24.1 Å². The summed E-state index contributed by atoms with van der Waals surface area (Å²) in [5, 5.41) is 1.80. The summed E-state index contributed by atoms with van der Waals surface area (Å²) in [6.07, 6.45) is 3.02. The van der Waals surface area contributed by atoms with Crippen LogP contribution in [0.25, 0.3) is 0 Å². The van der Waals surface area contributed by atoms with E-state index in [9.17, 15) is 8.42 Å². The third-order valence-corrected chi connectivity index (χ3v) is 7.41. The van der Waals surface area contributed by atoms with Crippen LogP contribution in [0.1, 0.15) is 38.0 Å². The molecule has 1 aliphatic rings. The molecule has 1 fully saturated rings. The van der Waals surface area contributed by atoms with E-state index in [0.29, 0.717) is 18.0 Å². The molecule has 0 radical (unpaired) electrons. The van der Waals surface area contributed by atoms with Gasteiger partial charge >= 0.3 is 0 Å². The molecule has 0 unspecified atom stereocenters. The summed E-state index contributed by atoms with van der Waals surface area (Å²) in [6, 6.07) is 1.68. The standard InChI is InChI=1S/C13H22N2O2S2/c1-3-13(4-2)6-7-15(10-13)19(16,17)12-5-8-18-11(12)9-14/h5,8H,3-4,6-7,9-10,14H2,1-2H3. The largest absolute Gasteiger partial charge is 0.326 e. The van der Waals surface area contributed by atoms with Crippen molar-refractivity contribution >= 4 is 21.4 Å². The zero-order valence-electron chi connectivity index (χ0n) is 11.6. The van der Waals surface area contributed by atoms with Crippen molar-refractivity contribution in [1.82, 2.24) is 4.31 Å². The predicted octanol–water partition coefficient (Wildman–Crippen LogP) is 2.41. The zero-order chi connectivity index (χ0) is 14.1. The van der Waals surface area contributed by atoms with Crippen LogP contribution in [-0.2, 0) is 16.6 Å². The fourth-order valence-corrected chi connectivity index (χ4v) is 5.63. The van der Waals surface area contributed by atoms with Gasteiger partial charge in [0.25, 0.3) is 0 Å². The maximum Gasteiger partial charge on any atom is 0.244 e. The first-order chi connectivity index (χ1) is 8.99. The van der Waals surface area contributed by atoms with Crippen LogP contribution in [0.15, 0.2) is 16.3 Å². The first-order valence-corrected chi connectivity index (χ1v) is 9.07. The van der Waals surface area contributed by atoms with E-state index < -0.39 is 10.0 Å². The molecule has 1 aromatic rings. The number of nitrogens with two attached hydrogens (primary N) is 1. The maximum atomic E-state index is 12.7. The van der Waals surface area contributed by atoms with Crippen LogP contribution in [0, 0.1) is 5.41 Å². The molecule has 1 saturated heterocycles. The highest BCUT2D eigenvalue weighted by Gasteiger charge is 2.41. The third kappa shape index (κ3) is 2.59. The van der Waals surface area contributed by atoms with Crippen LogP contribution < -0.4 is 5.73 Å². The lowest BCUT2D eigenvalue weighted by molar-refractivity contribution is 0.279. The minimum atomic E-state index is -3.37. The zero-order valence-corrected chi connectivity index (χ0v) is 13.2. The fourth-order valence-electron chi connectivity index (χ4n) is 2.77. The van der Waals surface area contributed by atoms with Gasteiger partial charge in [0.15, 0.2) is 0 Å². The molecule has 2 N–H and O–H groups in total. The molecule has 0 amide bonds. The first-order valence-electron chi connectivity index (χ1n) is 6.75. The van der Waals surface area contributed by atoms with Gasteiger partial charge in [-0.3, -0.25) is 0 Å². The van der Waals surface area contributed by atoms with Gasteiger partial charge in [0.1, 0.15) is 0 Å². The highest BCUT2D eigenvalue weighted by atomic mass is 32.2. The Bertz CT molecular complexity index is 533. The van der Waals surface area contributed by atoms with Crippen molar-refractivity contribution in [2.45, 2.75) is 44.6 Å². The van der Waals surface area contributed by atoms with Gasteiger partial charge in [-0.1, -0.05) is 13.8 Å². The lowest BCUT2D eigenvalue weighted by Crippen LogP contribution is -2.32. The number of thiophene rings is 1. The van der Waals surface area contributed by atoms with Crippen molar-refractivity contribution in [1.29, 1.82) is 0 Å². The van der Waals surface area contributed by atoms with Crippen molar-refractivity contribution in [3.8, 4) is 0 Å². The van der Waals surface area contributed by atoms with Gasteiger partial charge in [-0.2, -0.15) is 4.31 Å². The molecule has 108 valence electrons. The molecule has 0 saturated carbocycles. The lowest BCUT2D eigenvalue weighted by Gasteiger charge is -2.26. The lowest BCUT2D eigenvalue weighted by atomic mass is 9.82. The van der Waals surface area contributed by atoms with Crippen LogP contribution in [0.2, 0.25) is 0 Å². The summed E-state index contributed by atoms with van der Waals surface area (Å²) in [6.45, 7) is 5.85. The van der Waals surface area contributed by atoms with Crippen LogP contribution in [0.5, 0.6) is 0 Å². The highest BCUT2D eigenvalue weighted by Crippen LogP contribution is 2.40. The summed E-state index contributed by atoms with van der Waals surface area (Å²) < 4.78 is 27.0. The molecule has 1 aliphatic heterocycles. The summed E-state index contributed by atoms with van der Waals surface area (Å²) in [5.41, 5.74) is 5.78. The van der Waals surface area contributed by atoms with Gasteiger partial charge in [0.2, 0.25) is 10.0 Å². The number of nitrogens with zero attached hydrogens (tertiary/aromatic N) is 1. The van der Waals surface area contributed by atoms with Crippen LogP contribution in [0.4, 0.5) is 0 Å². The Kier molecular flexibility index (Phi) is 4.35. The predicted molar refractivity (Wildman–Crippen MR) is 78.6 cm³/mol. The molecule has 2 rings (SSSR count). The monoisotopic (exact) mass is 302 g/mol. The molecule has 0 bridgehead atoms. The molecule has 1 aromatic heterocycles. The number of sulfonamides is 1. The van der Waals surface area contributed by atoms with Crippen LogP contribution in [-0.4, -0.2) is 25.8 Å². The molecular formula is C13H22N2O2S2. The van der Waals surface area contributed by atoms with E-state index in [1.165, 1.54) is 11.3 Å². The third-order valence-electron chi connectivity index (χ3n) is 4.41. The van der Waals surface area contributed by atoms with E-state index in [1.807, 2.05) is 0 Å². The molecule has 19 heavy (non-hydrogen) atoms. The van der Waals surface area contributed by atoms with Crippen molar-refractivity contribution in [3.63, 3.8) is 0 Å². The van der Waals surface area contributed by atoms with Gasteiger partial charge in [-0.05, 0) is 36.1 Å². The summed E-state index contributed by atoms with van der Waals surface area (Å²) in [4.78, 5) is 1.16. The van der Waals surface area contributed by atoms with Crippen LogP contribution >= 0.6 is 11.3 Å². The molecule has 6 heteroatoms. The minimum absolute atomic E-state index is 0.159. The number of hydrogen-bond acceptors (Lipinski definition) is 4. The number of rotatable bonds is 5. The second-order valence-corrected chi connectivity index (χ2v) is 8.11. The first kappa shape index (κ1) is 15.0. The maximum absolute atomic E-state index is 12.7. The summed E-state index contributed by atoms with van der Waals surface area (Å²) in [7, 11) is -3.37. The van der Waals surface area contributed by atoms with E-state index in [2.05, 4.69) is 13.8 Å². The molecule has 0 atom stereocenters. The van der Waals surface area contributed by atoms with Crippen molar-refractivity contribution in [3.05, 3.63) is 16.3 Å². The Hall–Kier alpha value is -0.430. The minimum Gasteiger partial charge on any atom is -0.326 e. The Morgan fingerprint density at radius 3 is 2.63 bits per heavy atom. The molecular weight excluding hydrogens is 280 g/mol. The van der Waals surface area contributed by atoms with E-state index in [4.69, 9.17) is 5.73 Å². The molecule has 2 heterocycles. The average molecular weight is 302 g/mol. The van der Waals surface area contributed by atoms with Crippen molar-refractivity contribution in [2.75, 3.05) is 13.1 Å². The Labute approximate surface area is 119 Å². The van der Waals surface area contributed by atoms with Gasteiger partial charge in [0.05, 0.1) is 4.90 Å². The summed E-state index contributed by atoms with van der Waals surface area (Å²) >= 11 is 1.42. The average Bonchev–Trinajstić information content (AvgIpc) is 3.06. The van der Waals surface area contributed by atoms with E-state index in [1.54, 1.807) is 15.8 Å². The van der Waals surface area contributed by atoms with E-state index >= 15 is 0 Å². The number of hydrogen-bond donors (Lipinski definition) is 1. The second kappa shape index (κ2) is 5.52. The van der Waals surface area contributed by atoms with Gasteiger partial charge in [0, 0.05) is 24.5 Å². The molecule has 0 aliphatic carbocycles. The SMILES string of the molecule is CCC1(CC)CCN(S(=O)(=O)c2ccsc2CN)C1. The Balaban J connectivity index is 2.28. The topological polar surface area (TPSA) is 63.4 Å². The van der Waals surface area contributed by atoms with Gasteiger partial charge in [-0.15, -0.1) is 11.3 Å². The molecule has 0 aromatic carbocycles. The Morgan fingerprint density at radius 1 is 1.42 bits per heavy atom. The van der Waals surface area contributed by atoms with Crippen LogP contribution in [0.3, 0.4) is 0 Å².